The van der Waals surface area contributed by atoms with Crippen molar-refractivity contribution in [2.75, 3.05) is 75.0 Å². The average molecular weight is 533 g/mol. The van der Waals surface area contributed by atoms with Crippen molar-refractivity contribution >= 4 is 41.2 Å². The Labute approximate surface area is 223 Å². The first-order valence-electron chi connectivity index (χ1n) is 12.7. The van der Waals surface area contributed by atoms with E-state index in [2.05, 4.69) is 26.6 Å². The van der Waals surface area contributed by atoms with Gasteiger partial charge in [0.2, 0.25) is 23.8 Å². The molecule has 0 aromatic carbocycles. The highest BCUT2D eigenvalue weighted by atomic mass is 32.1. The Hall–Kier alpha value is -3.15. The van der Waals surface area contributed by atoms with Gasteiger partial charge in [-0.05, 0) is 45.1 Å². The van der Waals surface area contributed by atoms with Gasteiger partial charge < -0.3 is 29.7 Å². The maximum atomic E-state index is 12.3. The molecule has 1 aliphatic heterocycles. The molecule has 204 valence electrons. The summed E-state index contributed by atoms with van der Waals surface area (Å²) in [6.07, 6.45) is 1.35. The molecule has 1 fully saturated rings. The zero-order valence-corrected chi connectivity index (χ0v) is 23.7. The van der Waals surface area contributed by atoms with Gasteiger partial charge in [-0.15, -0.1) is 11.3 Å². The number of amides is 2. The van der Waals surface area contributed by atoms with Crippen molar-refractivity contribution in [2.24, 2.45) is 0 Å². The number of nitrogens with one attached hydrogen (secondary N) is 1. The van der Waals surface area contributed by atoms with Gasteiger partial charge in [-0.3, -0.25) is 4.79 Å². The van der Waals surface area contributed by atoms with Gasteiger partial charge in [-0.1, -0.05) is 6.07 Å². The molecule has 0 bridgehead atoms. The van der Waals surface area contributed by atoms with Gasteiger partial charge in [0.15, 0.2) is 0 Å². The number of nitrogens with zero attached hydrogens (tertiary/aromatic N) is 7. The number of ether oxygens (including phenoxy) is 1. The Bertz CT molecular complexity index is 1030. The van der Waals surface area contributed by atoms with E-state index in [1.54, 1.807) is 30.2 Å². The maximum Gasteiger partial charge on any atom is 0.410 e. The lowest BCUT2D eigenvalue weighted by Gasteiger charge is -2.27. The Kier molecular flexibility index (Phi) is 9.90. The standard InChI is InChI=1S/C25H40N8O3S/c1-19(34)32-12-8-13-33(17-16-32)23-28-21(26-11-10-20-9-7-18-37-20)27-22(29-23)30(5)14-15-31(6)24(35)36-25(2,3)4/h7,9,18H,8,10-17H2,1-6H3,(H,26,27,28,29). The second-order valence-corrected chi connectivity index (χ2v) is 11.2. The molecular weight excluding hydrogens is 492 g/mol. The third-order valence-corrected chi connectivity index (χ3v) is 6.82. The topological polar surface area (TPSA) is 107 Å². The largest absolute Gasteiger partial charge is 0.444 e. The molecule has 0 saturated carbocycles. The molecular formula is C25H40N8O3S. The average Bonchev–Trinajstić information content (AvgIpc) is 3.22. The van der Waals surface area contributed by atoms with Crippen molar-refractivity contribution in [3.05, 3.63) is 22.4 Å². The Morgan fingerprint density at radius 2 is 1.89 bits per heavy atom. The summed E-state index contributed by atoms with van der Waals surface area (Å²) >= 11 is 1.73. The smallest absolute Gasteiger partial charge is 0.410 e. The third-order valence-electron chi connectivity index (χ3n) is 5.89. The van der Waals surface area contributed by atoms with E-state index < -0.39 is 5.60 Å². The number of anilines is 3. The summed E-state index contributed by atoms with van der Waals surface area (Å²) < 4.78 is 5.45. The number of thiophene rings is 1. The summed E-state index contributed by atoms with van der Waals surface area (Å²) in [6.45, 7) is 11.6. The number of carbonyl (C=O) groups is 2. The van der Waals surface area contributed by atoms with Gasteiger partial charge in [0.1, 0.15) is 5.60 Å². The van der Waals surface area contributed by atoms with Crippen molar-refractivity contribution in [2.45, 2.75) is 46.1 Å². The second-order valence-electron chi connectivity index (χ2n) is 10.2. The van der Waals surface area contributed by atoms with Crippen molar-refractivity contribution in [3.8, 4) is 0 Å². The molecule has 0 aliphatic carbocycles. The summed E-state index contributed by atoms with van der Waals surface area (Å²) in [5, 5.41) is 5.42. The number of rotatable bonds is 9. The van der Waals surface area contributed by atoms with Gasteiger partial charge >= 0.3 is 6.09 Å². The molecule has 3 rings (SSSR count). The lowest BCUT2D eigenvalue weighted by Crippen LogP contribution is -2.39. The van der Waals surface area contributed by atoms with Gasteiger partial charge in [-0.25, -0.2) is 4.79 Å². The molecule has 11 nitrogen and oxygen atoms in total. The molecule has 3 heterocycles. The lowest BCUT2D eigenvalue weighted by atomic mass is 10.2. The van der Waals surface area contributed by atoms with E-state index in [-0.39, 0.29) is 12.0 Å². The van der Waals surface area contributed by atoms with Gasteiger partial charge in [-0.2, -0.15) is 15.0 Å². The van der Waals surface area contributed by atoms with Crippen LogP contribution in [0.3, 0.4) is 0 Å². The zero-order valence-electron chi connectivity index (χ0n) is 22.9. The first-order valence-corrected chi connectivity index (χ1v) is 13.6. The van der Waals surface area contributed by atoms with Crippen LogP contribution in [0.5, 0.6) is 0 Å². The summed E-state index contributed by atoms with van der Waals surface area (Å²) in [7, 11) is 3.62. The predicted octanol–water partition coefficient (Wildman–Crippen LogP) is 2.95. The van der Waals surface area contributed by atoms with Crippen LogP contribution in [0.4, 0.5) is 22.6 Å². The van der Waals surface area contributed by atoms with E-state index in [0.717, 1.165) is 25.9 Å². The van der Waals surface area contributed by atoms with Crippen LogP contribution < -0.4 is 15.1 Å². The van der Waals surface area contributed by atoms with E-state index in [9.17, 15) is 9.59 Å². The highest BCUT2D eigenvalue weighted by molar-refractivity contribution is 7.09. The van der Waals surface area contributed by atoms with Crippen molar-refractivity contribution in [1.82, 2.24) is 24.8 Å². The van der Waals surface area contributed by atoms with Crippen molar-refractivity contribution < 1.29 is 14.3 Å². The van der Waals surface area contributed by atoms with Crippen LogP contribution in [0, 0.1) is 0 Å². The number of aromatic nitrogens is 3. The van der Waals surface area contributed by atoms with Gasteiger partial charge in [0.05, 0.1) is 0 Å². The summed E-state index contributed by atoms with van der Waals surface area (Å²) in [5.74, 6) is 1.70. The van der Waals surface area contributed by atoms with Gasteiger partial charge in [0.25, 0.3) is 0 Å². The molecule has 0 spiro atoms. The van der Waals surface area contributed by atoms with Crippen LogP contribution >= 0.6 is 11.3 Å². The van der Waals surface area contributed by atoms with Crippen LogP contribution in [-0.2, 0) is 16.0 Å². The normalized spacial score (nSPS) is 14.2. The molecule has 0 atom stereocenters. The highest BCUT2D eigenvalue weighted by Gasteiger charge is 2.22. The SMILES string of the molecule is CC(=O)N1CCCN(c2nc(NCCc3cccs3)nc(N(C)CCN(C)C(=O)OC(C)(C)C)n2)CC1. The van der Waals surface area contributed by atoms with Crippen molar-refractivity contribution in [1.29, 1.82) is 0 Å². The molecule has 2 amide bonds. The summed E-state index contributed by atoms with van der Waals surface area (Å²) in [4.78, 5) is 47.1. The minimum atomic E-state index is -0.546. The second kappa shape index (κ2) is 12.9. The number of hydrogen-bond donors (Lipinski definition) is 1. The minimum absolute atomic E-state index is 0.0861. The first kappa shape index (κ1) is 28.4. The number of carbonyl (C=O) groups excluding carboxylic acids is 2. The summed E-state index contributed by atoms with van der Waals surface area (Å²) in [6, 6.07) is 4.16. The molecule has 2 aromatic rings. The Morgan fingerprint density at radius 3 is 2.57 bits per heavy atom. The number of likely N-dealkylation sites (N-methyl/N-ethyl adjacent to an activating group) is 2. The van der Waals surface area contributed by atoms with E-state index in [1.165, 1.54) is 4.88 Å². The molecule has 37 heavy (non-hydrogen) atoms. The molecule has 1 saturated heterocycles. The fraction of sp³-hybridized carbons (Fsp3) is 0.640. The lowest BCUT2D eigenvalue weighted by molar-refractivity contribution is -0.128. The van der Waals surface area contributed by atoms with Crippen LogP contribution in [-0.4, -0.2) is 102 Å². The molecule has 2 aromatic heterocycles. The van der Waals surface area contributed by atoms with Crippen LogP contribution in [0.25, 0.3) is 0 Å². The van der Waals surface area contributed by atoms with Crippen LogP contribution in [0.1, 0.15) is 39.0 Å². The number of hydrogen-bond acceptors (Lipinski definition) is 10. The van der Waals surface area contributed by atoms with Crippen LogP contribution in [0.2, 0.25) is 0 Å². The Balaban J connectivity index is 1.72. The molecule has 0 unspecified atom stereocenters. The predicted molar refractivity (Wildman–Crippen MR) is 148 cm³/mol. The van der Waals surface area contributed by atoms with Crippen LogP contribution in [0.15, 0.2) is 17.5 Å². The molecule has 1 aliphatic rings. The zero-order chi connectivity index (χ0) is 27.0. The fourth-order valence-electron chi connectivity index (χ4n) is 3.76. The van der Waals surface area contributed by atoms with E-state index in [4.69, 9.17) is 14.7 Å². The van der Waals surface area contributed by atoms with E-state index >= 15 is 0 Å². The fourth-order valence-corrected chi connectivity index (χ4v) is 4.47. The molecule has 12 heteroatoms. The van der Waals surface area contributed by atoms with Crippen molar-refractivity contribution in [3.63, 3.8) is 0 Å². The molecule has 0 radical (unpaired) electrons. The van der Waals surface area contributed by atoms with E-state index in [1.807, 2.05) is 43.7 Å². The Morgan fingerprint density at radius 1 is 1.11 bits per heavy atom. The van der Waals surface area contributed by atoms with Gasteiger partial charge in [0, 0.05) is 71.7 Å². The maximum absolute atomic E-state index is 12.3. The quantitative estimate of drug-likeness (QED) is 0.522. The molecule has 1 N–H and O–H groups in total. The van der Waals surface area contributed by atoms with E-state index in [0.29, 0.717) is 50.6 Å². The third kappa shape index (κ3) is 9.03. The first-order chi connectivity index (χ1) is 17.5. The monoisotopic (exact) mass is 532 g/mol. The summed E-state index contributed by atoms with van der Waals surface area (Å²) in [5.41, 5.74) is -0.546. The minimum Gasteiger partial charge on any atom is -0.444 e. The highest BCUT2D eigenvalue weighted by Crippen LogP contribution is 2.19.